The summed E-state index contributed by atoms with van der Waals surface area (Å²) in [6.45, 7) is 6.45. The van der Waals surface area contributed by atoms with Gasteiger partial charge < -0.3 is 19.7 Å². The first-order valence-electron chi connectivity index (χ1n) is 10.1. The Morgan fingerprint density at radius 3 is 2.43 bits per heavy atom. The topological polar surface area (TPSA) is 80.8 Å². The van der Waals surface area contributed by atoms with E-state index in [1.54, 1.807) is 19.5 Å². The van der Waals surface area contributed by atoms with Crippen LogP contribution in [0.4, 0.5) is 4.79 Å². The number of alkyl carbamates (subject to hydrolysis) is 1. The maximum absolute atomic E-state index is 12.9. The zero-order valence-corrected chi connectivity index (χ0v) is 17.9. The van der Waals surface area contributed by atoms with Gasteiger partial charge in [-0.1, -0.05) is 12.1 Å². The summed E-state index contributed by atoms with van der Waals surface area (Å²) in [7, 11) is 1.62. The smallest absolute Gasteiger partial charge is 0.407 e. The van der Waals surface area contributed by atoms with Crippen molar-refractivity contribution in [1.29, 1.82) is 0 Å². The van der Waals surface area contributed by atoms with E-state index in [0.29, 0.717) is 13.1 Å². The number of amides is 2. The number of pyridine rings is 1. The summed E-state index contributed by atoms with van der Waals surface area (Å²) in [5.41, 5.74) is 1.45. The molecule has 7 heteroatoms. The predicted molar refractivity (Wildman–Crippen MR) is 113 cm³/mol. The summed E-state index contributed by atoms with van der Waals surface area (Å²) in [5.74, 6) is 0.691. The molecule has 7 nitrogen and oxygen atoms in total. The number of hydrogen-bond donors (Lipinski definition) is 1. The van der Waals surface area contributed by atoms with Gasteiger partial charge in [-0.15, -0.1) is 0 Å². The minimum absolute atomic E-state index is 0.00219. The second-order valence-electron chi connectivity index (χ2n) is 8.47. The first-order chi connectivity index (χ1) is 14.2. The van der Waals surface area contributed by atoms with Gasteiger partial charge in [-0.2, -0.15) is 0 Å². The van der Waals surface area contributed by atoms with E-state index in [1.165, 1.54) is 0 Å². The molecule has 0 radical (unpaired) electrons. The number of hydrogen-bond acceptors (Lipinski definition) is 5. The molecule has 2 atom stereocenters. The number of likely N-dealkylation sites (tertiary alicyclic amines) is 1. The Kier molecular flexibility index (Phi) is 6.59. The number of benzene rings is 1. The van der Waals surface area contributed by atoms with Crippen molar-refractivity contribution in [3.05, 3.63) is 59.9 Å². The molecule has 1 fully saturated rings. The Bertz CT molecular complexity index is 862. The van der Waals surface area contributed by atoms with Crippen LogP contribution in [0.3, 0.4) is 0 Å². The average Bonchev–Trinajstić information content (AvgIpc) is 2.69. The fraction of sp³-hybridized carbons (Fsp3) is 0.435. The number of nitrogens with zero attached hydrogens (tertiary/aromatic N) is 2. The summed E-state index contributed by atoms with van der Waals surface area (Å²) in [6, 6.07) is 11.2. The Labute approximate surface area is 177 Å². The summed E-state index contributed by atoms with van der Waals surface area (Å²) < 4.78 is 10.7. The van der Waals surface area contributed by atoms with Crippen molar-refractivity contribution >= 4 is 12.0 Å². The molecule has 2 heterocycles. The number of aromatic nitrogens is 1. The van der Waals surface area contributed by atoms with Gasteiger partial charge in [-0.05, 0) is 56.2 Å². The van der Waals surface area contributed by atoms with E-state index in [9.17, 15) is 9.59 Å². The molecule has 2 aromatic rings. The molecule has 3 rings (SSSR count). The quantitative estimate of drug-likeness (QED) is 0.814. The van der Waals surface area contributed by atoms with Gasteiger partial charge in [0, 0.05) is 43.9 Å². The molecule has 0 saturated carbocycles. The highest BCUT2D eigenvalue weighted by molar-refractivity contribution is 5.79. The monoisotopic (exact) mass is 411 g/mol. The normalized spacial score (nSPS) is 19.3. The Morgan fingerprint density at radius 1 is 1.17 bits per heavy atom. The van der Waals surface area contributed by atoms with Crippen LogP contribution in [0.2, 0.25) is 0 Å². The third-order valence-corrected chi connectivity index (χ3v) is 5.02. The number of carbonyl (C=O) groups is 2. The fourth-order valence-corrected chi connectivity index (χ4v) is 3.59. The first kappa shape index (κ1) is 21.6. The van der Waals surface area contributed by atoms with Gasteiger partial charge in [0.15, 0.2) is 0 Å². The molecule has 0 spiro atoms. The number of nitrogens with one attached hydrogen (secondary N) is 1. The van der Waals surface area contributed by atoms with Gasteiger partial charge in [0.1, 0.15) is 11.4 Å². The maximum atomic E-state index is 12.9. The maximum Gasteiger partial charge on any atom is 0.407 e. The molecule has 0 bridgehead atoms. The highest BCUT2D eigenvalue weighted by Crippen LogP contribution is 2.30. The highest BCUT2D eigenvalue weighted by atomic mass is 16.6. The summed E-state index contributed by atoms with van der Waals surface area (Å²) in [6.07, 6.45) is 3.14. The molecule has 1 unspecified atom stereocenters. The molecular formula is C23H29N3O4. The van der Waals surface area contributed by atoms with Crippen LogP contribution in [0.25, 0.3) is 0 Å². The predicted octanol–water partition coefficient (Wildman–Crippen LogP) is 3.50. The Balaban J connectivity index is 1.81. The Morgan fingerprint density at radius 2 is 1.83 bits per heavy atom. The van der Waals surface area contributed by atoms with E-state index < -0.39 is 11.7 Å². The van der Waals surface area contributed by atoms with E-state index in [0.717, 1.165) is 16.9 Å². The van der Waals surface area contributed by atoms with E-state index in [4.69, 9.17) is 9.47 Å². The highest BCUT2D eigenvalue weighted by Gasteiger charge is 2.36. The average molecular weight is 412 g/mol. The molecule has 1 aliphatic heterocycles. The molecular weight excluding hydrogens is 382 g/mol. The molecule has 1 saturated heterocycles. The molecule has 160 valence electrons. The minimum atomic E-state index is -0.605. The fourth-order valence-electron chi connectivity index (χ4n) is 3.59. The number of carbonyl (C=O) groups excluding carboxylic acids is 2. The minimum Gasteiger partial charge on any atom is -0.497 e. The van der Waals surface area contributed by atoms with Crippen molar-refractivity contribution < 1.29 is 19.1 Å². The van der Waals surface area contributed by atoms with Crippen LogP contribution in [0.5, 0.6) is 5.75 Å². The van der Waals surface area contributed by atoms with Gasteiger partial charge >= 0.3 is 6.09 Å². The largest absolute Gasteiger partial charge is 0.497 e. The number of rotatable bonds is 5. The van der Waals surface area contributed by atoms with Crippen molar-refractivity contribution in [2.75, 3.05) is 13.7 Å². The van der Waals surface area contributed by atoms with Crippen molar-refractivity contribution in [3.8, 4) is 5.75 Å². The number of piperidine rings is 1. The van der Waals surface area contributed by atoms with Gasteiger partial charge in [-0.25, -0.2) is 4.79 Å². The van der Waals surface area contributed by atoms with Crippen LogP contribution in [0, 0.1) is 0 Å². The molecule has 30 heavy (non-hydrogen) atoms. The lowest BCUT2D eigenvalue weighted by atomic mass is 9.85. The zero-order valence-electron chi connectivity index (χ0n) is 17.9. The van der Waals surface area contributed by atoms with Gasteiger partial charge in [0.2, 0.25) is 5.91 Å². The van der Waals surface area contributed by atoms with E-state index in [-0.39, 0.29) is 24.3 Å². The number of methoxy groups -OCH3 is 1. The number of ether oxygens (including phenoxy) is 2. The van der Waals surface area contributed by atoms with Crippen LogP contribution in [0.15, 0.2) is 48.8 Å². The van der Waals surface area contributed by atoms with Crippen LogP contribution >= 0.6 is 0 Å². The van der Waals surface area contributed by atoms with E-state index >= 15 is 0 Å². The molecule has 1 aliphatic rings. The lowest BCUT2D eigenvalue weighted by Crippen LogP contribution is -2.52. The standard InChI is InChI=1S/C23H29N3O4/c1-23(2,3)30-22(28)25-20-13-21(27)26(14-16-9-11-24-12-10-16)15-19(20)17-5-7-18(29-4)8-6-17/h5-12,19-20H,13-15H2,1-4H3,(H,25,28)/t19?,20-/m1/s1. The molecule has 1 N–H and O–H groups in total. The van der Waals surface area contributed by atoms with Crippen molar-refractivity contribution in [2.24, 2.45) is 0 Å². The summed E-state index contributed by atoms with van der Waals surface area (Å²) >= 11 is 0. The van der Waals surface area contributed by atoms with Gasteiger partial charge in [-0.3, -0.25) is 9.78 Å². The molecule has 0 aliphatic carbocycles. The SMILES string of the molecule is COc1ccc(C2CN(Cc3ccncc3)C(=O)C[C@H]2NC(=O)OC(C)(C)C)cc1. The molecule has 1 aromatic carbocycles. The Hall–Kier alpha value is -3.09. The summed E-state index contributed by atoms with van der Waals surface area (Å²) in [4.78, 5) is 31.1. The zero-order chi connectivity index (χ0) is 21.7. The van der Waals surface area contributed by atoms with Crippen LogP contribution < -0.4 is 10.1 Å². The van der Waals surface area contributed by atoms with Crippen LogP contribution in [0.1, 0.15) is 44.2 Å². The van der Waals surface area contributed by atoms with Crippen molar-refractivity contribution in [3.63, 3.8) is 0 Å². The van der Waals surface area contributed by atoms with Crippen LogP contribution in [-0.4, -0.2) is 47.2 Å². The lowest BCUT2D eigenvalue weighted by molar-refractivity contribution is -0.135. The second kappa shape index (κ2) is 9.15. The lowest BCUT2D eigenvalue weighted by Gasteiger charge is -2.39. The third kappa shape index (κ3) is 5.72. The van der Waals surface area contributed by atoms with Gasteiger partial charge in [0.25, 0.3) is 0 Å². The second-order valence-corrected chi connectivity index (χ2v) is 8.47. The first-order valence-corrected chi connectivity index (χ1v) is 10.1. The van der Waals surface area contributed by atoms with Gasteiger partial charge in [0.05, 0.1) is 7.11 Å². The van der Waals surface area contributed by atoms with E-state index in [2.05, 4.69) is 10.3 Å². The molecule has 2 amide bonds. The molecule has 1 aromatic heterocycles. The van der Waals surface area contributed by atoms with Crippen LogP contribution in [-0.2, 0) is 16.1 Å². The summed E-state index contributed by atoms with van der Waals surface area (Å²) in [5, 5.41) is 2.92. The van der Waals surface area contributed by atoms with Crippen molar-refractivity contribution in [1.82, 2.24) is 15.2 Å². The third-order valence-electron chi connectivity index (χ3n) is 5.02. The van der Waals surface area contributed by atoms with Crippen molar-refractivity contribution in [2.45, 2.75) is 51.3 Å². The van der Waals surface area contributed by atoms with E-state index in [1.807, 2.05) is 62.1 Å².